The maximum Gasteiger partial charge on any atom is 0.0409 e. The van der Waals surface area contributed by atoms with Crippen LogP contribution in [0, 0.1) is 6.92 Å². The van der Waals surface area contributed by atoms with Crippen molar-refractivity contribution in [2.45, 2.75) is 39.3 Å². The van der Waals surface area contributed by atoms with Crippen molar-refractivity contribution in [1.29, 1.82) is 0 Å². The molecule has 2 aromatic carbocycles. The van der Waals surface area contributed by atoms with Crippen LogP contribution in [0.3, 0.4) is 0 Å². The van der Waals surface area contributed by atoms with Gasteiger partial charge in [-0.3, -0.25) is 0 Å². The molecule has 0 fully saturated rings. The molecule has 2 rings (SSSR count). The molecule has 1 unspecified atom stereocenters. The molecular weight excluding hydrogens is 266 g/mol. The van der Waals surface area contributed by atoms with Crippen LogP contribution < -0.4 is 5.32 Å². The molecule has 2 atom stereocenters. The Morgan fingerprint density at radius 1 is 1.05 bits per heavy atom. The molecule has 0 aliphatic heterocycles. The Labute approximate surface area is 127 Å². The summed E-state index contributed by atoms with van der Waals surface area (Å²) >= 11 is 6.09. The summed E-state index contributed by atoms with van der Waals surface area (Å²) in [6.07, 6.45) is 1.04. The Morgan fingerprint density at radius 2 is 1.75 bits per heavy atom. The van der Waals surface area contributed by atoms with Crippen LogP contribution in [-0.2, 0) is 0 Å². The van der Waals surface area contributed by atoms with E-state index in [2.05, 4.69) is 56.4 Å². The zero-order valence-electron chi connectivity index (χ0n) is 12.4. The average molecular weight is 288 g/mol. The van der Waals surface area contributed by atoms with Gasteiger partial charge in [0.15, 0.2) is 0 Å². The maximum atomic E-state index is 6.09. The van der Waals surface area contributed by atoms with Crippen molar-refractivity contribution in [3.63, 3.8) is 0 Å². The van der Waals surface area contributed by atoms with E-state index in [0.717, 1.165) is 11.4 Å². The minimum atomic E-state index is 0.318. The minimum absolute atomic E-state index is 0.318. The van der Waals surface area contributed by atoms with Crippen LogP contribution >= 0.6 is 11.6 Å². The second kappa shape index (κ2) is 6.92. The summed E-state index contributed by atoms with van der Waals surface area (Å²) in [6.45, 7) is 6.54. The van der Waals surface area contributed by atoms with Gasteiger partial charge in [0.2, 0.25) is 0 Å². The van der Waals surface area contributed by atoms with Crippen molar-refractivity contribution in [3.8, 4) is 0 Å². The standard InChI is InChI=1S/C18H22ClN/c1-4-18(16-9-6-10-17(19)12-16)20-14(3)15-8-5-7-13(2)11-15/h5-12,14,18,20H,4H2,1-3H3/t14-,18?/m1/s1. The van der Waals surface area contributed by atoms with Gasteiger partial charge in [0.25, 0.3) is 0 Å². The summed E-state index contributed by atoms with van der Waals surface area (Å²) in [5, 5.41) is 4.49. The molecule has 0 heterocycles. The molecule has 2 heteroatoms. The fourth-order valence-corrected chi connectivity index (χ4v) is 2.71. The predicted octanol–water partition coefficient (Wildman–Crippen LogP) is 5.45. The number of benzene rings is 2. The third kappa shape index (κ3) is 3.84. The van der Waals surface area contributed by atoms with Gasteiger partial charge in [-0.1, -0.05) is 60.5 Å². The fraction of sp³-hybridized carbons (Fsp3) is 0.333. The van der Waals surface area contributed by atoms with E-state index in [1.54, 1.807) is 0 Å². The van der Waals surface area contributed by atoms with Gasteiger partial charge in [0, 0.05) is 17.1 Å². The largest absolute Gasteiger partial charge is 0.303 e. The van der Waals surface area contributed by atoms with E-state index < -0.39 is 0 Å². The second-order valence-corrected chi connectivity index (χ2v) is 5.75. The number of hydrogen-bond donors (Lipinski definition) is 1. The highest BCUT2D eigenvalue weighted by atomic mass is 35.5. The highest BCUT2D eigenvalue weighted by Crippen LogP contribution is 2.24. The van der Waals surface area contributed by atoms with Gasteiger partial charge in [-0.25, -0.2) is 0 Å². The molecule has 0 amide bonds. The van der Waals surface area contributed by atoms with E-state index in [1.165, 1.54) is 16.7 Å². The van der Waals surface area contributed by atoms with Gasteiger partial charge in [-0.2, -0.15) is 0 Å². The highest BCUT2D eigenvalue weighted by molar-refractivity contribution is 6.30. The van der Waals surface area contributed by atoms with Crippen molar-refractivity contribution in [1.82, 2.24) is 5.32 Å². The molecule has 0 aromatic heterocycles. The van der Waals surface area contributed by atoms with Crippen LogP contribution in [0.2, 0.25) is 5.02 Å². The van der Waals surface area contributed by atoms with Crippen molar-refractivity contribution in [2.24, 2.45) is 0 Å². The molecule has 0 radical (unpaired) electrons. The van der Waals surface area contributed by atoms with Crippen molar-refractivity contribution in [2.75, 3.05) is 0 Å². The fourth-order valence-electron chi connectivity index (χ4n) is 2.51. The monoisotopic (exact) mass is 287 g/mol. The number of aryl methyl sites for hydroxylation is 1. The lowest BCUT2D eigenvalue weighted by Crippen LogP contribution is -2.24. The summed E-state index contributed by atoms with van der Waals surface area (Å²) in [6, 6.07) is 17.4. The van der Waals surface area contributed by atoms with Gasteiger partial charge >= 0.3 is 0 Å². The van der Waals surface area contributed by atoms with E-state index in [1.807, 2.05) is 18.2 Å². The normalized spacial score (nSPS) is 14.0. The first-order chi connectivity index (χ1) is 9.60. The van der Waals surface area contributed by atoms with Gasteiger partial charge in [0.05, 0.1) is 0 Å². The van der Waals surface area contributed by atoms with E-state index in [0.29, 0.717) is 12.1 Å². The number of halogens is 1. The summed E-state index contributed by atoms with van der Waals surface area (Å²) in [4.78, 5) is 0. The quantitative estimate of drug-likeness (QED) is 0.771. The molecule has 1 N–H and O–H groups in total. The lowest BCUT2D eigenvalue weighted by Gasteiger charge is -2.23. The van der Waals surface area contributed by atoms with Gasteiger partial charge < -0.3 is 5.32 Å². The van der Waals surface area contributed by atoms with Gasteiger partial charge in [0.1, 0.15) is 0 Å². The van der Waals surface area contributed by atoms with Crippen molar-refractivity contribution >= 4 is 11.6 Å². The van der Waals surface area contributed by atoms with Gasteiger partial charge in [-0.15, -0.1) is 0 Å². The molecule has 20 heavy (non-hydrogen) atoms. The van der Waals surface area contributed by atoms with E-state index in [4.69, 9.17) is 11.6 Å². The molecule has 106 valence electrons. The first-order valence-corrected chi connectivity index (χ1v) is 7.56. The number of nitrogens with one attached hydrogen (secondary N) is 1. The topological polar surface area (TPSA) is 12.0 Å². The van der Waals surface area contributed by atoms with Crippen molar-refractivity contribution in [3.05, 3.63) is 70.2 Å². The predicted molar refractivity (Wildman–Crippen MR) is 87.2 cm³/mol. The second-order valence-electron chi connectivity index (χ2n) is 5.32. The van der Waals surface area contributed by atoms with E-state index in [-0.39, 0.29) is 0 Å². The van der Waals surface area contributed by atoms with Crippen LogP contribution in [-0.4, -0.2) is 0 Å². The maximum absolute atomic E-state index is 6.09. The Kier molecular flexibility index (Phi) is 5.22. The Morgan fingerprint density at radius 3 is 2.40 bits per heavy atom. The molecule has 2 aromatic rings. The van der Waals surface area contributed by atoms with Crippen LogP contribution in [0.4, 0.5) is 0 Å². The SMILES string of the molecule is CCC(N[C@H](C)c1cccc(C)c1)c1cccc(Cl)c1. The summed E-state index contributed by atoms with van der Waals surface area (Å²) in [5.74, 6) is 0. The van der Waals surface area contributed by atoms with E-state index >= 15 is 0 Å². The first-order valence-electron chi connectivity index (χ1n) is 7.18. The lowest BCUT2D eigenvalue weighted by molar-refractivity contribution is 0.456. The lowest BCUT2D eigenvalue weighted by atomic mass is 10.0. The van der Waals surface area contributed by atoms with E-state index in [9.17, 15) is 0 Å². The molecule has 1 nitrogen and oxygen atoms in total. The Hall–Kier alpha value is -1.31. The summed E-state index contributed by atoms with van der Waals surface area (Å²) in [7, 11) is 0. The highest BCUT2D eigenvalue weighted by Gasteiger charge is 2.14. The van der Waals surface area contributed by atoms with Crippen LogP contribution in [0.5, 0.6) is 0 Å². The number of rotatable bonds is 5. The molecule has 0 aliphatic rings. The van der Waals surface area contributed by atoms with Crippen LogP contribution in [0.25, 0.3) is 0 Å². The molecule has 0 saturated carbocycles. The third-order valence-electron chi connectivity index (χ3n) is 3.65. The number of hydrogen-bond acceptors (Lipinski definition) is 1. The molecule has 0 spiro atoms. The first kappa shape index (κ1) is 15.1. The summed E-state index contributed by atoms with van der Waals surface area (Å²) in [5.41, 5.74) is 3.87. The smallest absolute Gasteiger partial charge is 0.0409 e. The molecular formula is C18H22ClN. The minimum Gasteiger partial charge on any atom is -0.303 e. The molecule has 0 bridgehead atoms. The van der Waals surface area contributed by atoms with Crippen LogP contribution in [0.15, 0.2) is 48.5 Å². The van der Waals surface area contributed by atoms with Gasteiger partial charge in [-0.05, 0) is 43.5 Å². The van der Waals surface area contributed by atoms with Crippen LogP contribution in [0.1, 0.15) is 49.0 Å². The molecule has 0 aliphatic carbocycles. The summed E-state index contributed by atoms with van der Waals surface area (Å²) < 4.78 is 0. The zero-order chi connectivity index (χ0) is 14.5. The third-order valence-corrected chi connectivity index (χ3v) is 3.89. The molecule has 0 saturated heterocycles. The zero-order valence-corrected chi connectivity index (χ0v) is 13.1. The van der Waals surface area contributed by atoms with Crippen molar-refractivity contribution < 1.29 is 0 Å². The Bertz CT molecular complexity index is 565. The average Bonchev–Trinajstić information content (AvgIpc) is 2.44. The Balaban J connectivity index is 2.14.